The summed E-state index contributed by atoms with van der Waals surface area (Å²) in [6, 6.07) is 14.4. The number of hydrogen-bond acceptors (Lipinski definition) is 11. The van der Waals surface area contributed by atoms with Gasteiger partial charge in [-0.25, -0.2) is 0 Å². The number of ether oxygens (including phenoxy) is 5. The number of rotatable bonds is 22. The zero-order valence-electron chi connectivity index (χ0n) is 27.6. The van der Waals surface area contributed by atoms with Gasteiger partial charge in [0.1, 0.15) is 37.4 Å². The minimum atomic E-state index is -1.18. The van der Waals surface area contributed by atoms with Crippen molar-refractivity contribution in [2.45, 2.75) is 70.0 Å². The van der Waals surface area contributed by atoms with Crippen LogP contribution in [-0.4, -0.2) is 89.0 Å². The Bertz CT molecular complexity index is 1400. The number of benzene rings is 2. The van der Waals surface area contributed by atoms with Gasteiger partial charge in [-0.1, -0.05) is 38.1 Å². The van der Waals surface area contributed by atoms with Crippen LogP contribution in [0.3, 0.4) is 0 Å². The number of alkyl halides is 1. The molecule has 0 saturated heterocycles. The third kappa shape index (κ3) is 17.5. The van der Waals surface area contributed by atoms with Gasteiger partial charge in [0.05, 0.1) is 44.4 Å². The number of aliphatic carboxylic acids is 3. The quantitative estimate of drug-likeness (QED) is 0.0873. The van der Waals surface area contributed by atoms with Crippen LogP contribution >= 0.6 is 38.6 Å². The Kier molecular flexibility index (Phi) is 21.4. The van der Waals surface area contributed by atoms with E-state index in [1.807, 2.05) is 38.1 Å². The molecule has 0 aromatic heterocycles. The average Bonchev–Trinajstić information content (AvgIpc) is 3.05. The second kappa shape index (κ2) is 23.3. The van der Waals surface area contributed by atoms with E-state index in [4.69, 9.17) is 50.6 Å². The summed E-state index contributed by atoms with van der Waals surface area (Å²) in [5, 5.41) is 26.2. The molecule has 17 heteroatoms. The number of halogens is 1. The SMILES string of the molecule is CC(C)(c1ccc(OC[C@@H](CCl)OC(=O)CCC(=O)O)cc1)c1ccc(OC[C@@H](COC(=O)CCC(=O)O)OC(=O)CCC(=O)O)cc1.S.S. The summed E-state index contributed by atoms with van der Waals surface area (Å²) in [4.78, 5) is 67.8. The molecule has 0 fully saturated rings. The normalized spacial score (nSPS) is 11.7. The van der Waals surface area contributed by atoms with Crippen molar-refractivity contribution < 1.29 is 67.8 Å². The molecule has 14 nitrogen and oxygen atoms in total. The largest absolute Gasteiger partial charge is 0.490 e. The van der Waals surface area contributed by atoms with Crippen molar-refractivity contribution in [2.75, 3.05) is 25.7 Å². The van der Waals surface area contributed by atoms with Crippen molar-refractivity contribution in [3.63, 3.8) is 0 Å². The number of esters is 3. The number of hydrogen-bond donors (Lipinski definition) is 3. The first kappa shape index (κ1) is 45.9. The average molecular weight is 763 g/mol. The van der Waals surface area contributed by atoms with E-state index in [1.54, 1.807) is 24.3 Å². The van der Waals surface area contributed by atoms with Gasteiger partial charge >= 0.3 is 35.8 Å². The van der Waals surface area contributed by atoms with E-state index in [1.165, 1.54) is 0 Å². The first-order chi connectivity index (χ1) is 22.7. The molecule has 0 saturated carbocycles. The zero-order valence-corrected chi connectivity index (χ0v) is 30.3. The Morgan fingerprint density at radius 2 is 0.940 bits per heavy atom. The minimum Gasteiger partial charge on any atom is -0.490 e. The summed E-state index contributed by atoms with van der Waals surface area (Å²) in [6.07, 6.45) is -4.05. The maximum Gasteiger partial charge on any atom is 0.306 e. The fourth-order valence-corrected chi connectivity index (χ4v) is 4.23. The number of carbonyl (C=O) groups is 6. The lowest BCUT2D eigenvalue weighted by Crippen LogP contribution is -2.31. The highest BCUT2D eigenvalue weighted by Gasteiger charge is 2.24. The summed E-state index contributed by atoms with van der Waals surface area (Å²) in [5.41, 5.74) is 1.43. The van der Waals surface area contributed by atoms with Crippen LogP contribution in [0.25, 0.3) is 0 Å². The summed E-state index contributed by atoms with van der Waals surface area (Å²) >= 11 is 5.87. The number of carboxylic acid groups (broad SMARTS) is 3. The van der Waals surface area contributed by atoms with E-state index in [-0.39, 0.29) is 65.3 Å². The highest BCUT2D eigenvalue weighted by atomic mass is 35.5. The van der Waals surface area contributed by atoms with Gasteiger partial charge in [-0.2, -0.15) is 27.0 Å². The molecule has 0 heterocycles. The van der Waals surface area contributed by atoms with Gasteiger partial charge in [0, 0.05) is 5.41 Å². The van der Waals surface area contributed by atoms with Gasteiger partial charge in [-0.3, -0.25) is 28.8 Å². The Balaban J connectivity index is 0.0000120. The molecule has 3 N–H and O–H groups in total. The van der Waals surface area contributed by atoms with E-state index in [0.29, 0.717) is 11.5 Å². The molecule has 0 aliphatic rings. The van der Waals surface area contributed by atoms with Crippen LogP contribution in [0.5, 0.6) is 11.5 Å². The highest BCUT2D eigenvalue weighted by molar-refractivity contribution is 7.59. The minimum absolute atomic E-state index is 0. The predicted molar refractivity (Wildman–Crippen MR) is 189 cm³/mol. The molecule has 0 aliphatic carbocycles. The first-order valence-electron chi connectivity index (χ1n) is 14.9. The van der Waals surface area contributed by atoms with Gasteiger partial charge in [-0.15, -0.1) is 11.6 Å². The monoisotopic (exact) mass is 762 g/mol. The van der Waals surface area contributed by atoms with Crippen molar-refractivity contribution in [3.05, 3.63) is 59.7 Å². The third-order valence-corrected chi connectivity index (χ3v) is 7.20. The van der Waals surface area contributed by atoms with Crippen molar-refractivity contribution in [1.82, 2.24) is 0 Å². The van der Waals surface area contributed by atoms with Crippen LogP contribution < -0.4 is 9.47 Å². The van der Waals surface area contributed by atoms with Crippen LogP contribution in [-0.2, 0) is 48.4 Å². The fourth-order valence-electron chi connectivity index (χ4n) is 4.08. The predicted octanol–water partition coefficient (Wildman–Crippen LogP) is 4.20. The van der Waals surface area contributed by atoms with Crippen molar-refractivity contribution in [1.29, 1.82) is 0 Å². The second-order valence-electron chi connectivity index (χ2n) is 11.0. The lowest BCUT2D eigenvalue weighted by molar-refractivity contribution is -0.162. The third-order valence-electron chi connectivity index (χ3n) is 6.85. The molecule has 0 unspecified atom stereocenters. The summed E-state index contributed by atoms with van der Waals surface area (Å²) in [6.45, 7) is 3.39. The Morgan fingerprint density at radius 3 is 1.32 bits per heavy atom. The summed E-state index contributed by atoms with van der Waals surface area (Å²) in [7, 11) is 0. The first-order valence-corrected chi connectivity index (χ1v) is 15.5. The van der Waals surface area contributed by atoms with Crippen molar-refractivity contribution in [2.24, 2.45) is 0 Å². The van der Waals surface area contributed by atoms with Gasteiger partial charge in [0.2, 0.25) is 0 Å². The molecule has 0 bridgehead atoms. The molecule has 0 spiro atoms. The Labute approximate surface area is 308 Å². The fraction of sp³-hybridized carbons (Fsp3) is 0.455. The molecule has 2 aromatic carbocycles. The van der Waals surface area contributed by atoms with Gasteiger partial charge < -0.3 is 39.0 Å². The molecule has 0 radical (unpaired) electrons. The lowest BCUT2D eigenvalue weighted by Gasteiger charge is -2.27. The van der Waals surface area contributed by atoms with Crippen LogP contribution in [0.1, 0.15) is 63.5 Å². The van der Waals surface area contributed by atoms with Crippen LogP contribution in [0.2, 0.25) is 0 Å². The maximum atomic E-state index is 12.1. The van der Waals surface area contributed by atoms with Gasteiger partial charge in [-0.05, 0) is 35.4 Å². The lowest BCUT2D eigenvalue weighted by atomic mass is 9.78. The summed E-state index contributed by atoms with van der Waals surface area (Å²) in [5.74, 6) is -4.85. The molecule has 50 heavy (non-hydrogen) atoms. The molecule has 2 rings (SSSR count). The number of carboxylic acids is 3. The second-order valence-corrected chi connectivity index (χ2v) is 11.3. The van der Waals surface area contributed by atoms with Crippen molar-refractivity contribution >= 4 is 74.4 Å². The summed E-state index contributed by atoms with van der Waals surface area (Å²) < 4.78 is 26.9. The molecular weight excluding hydrogens is 720 g/mol. The topological polar surface area (TPSA) is 209 Å². The highest BCUT2D eigenvalue weighted by Crippen LogP contribution is 2.33. The van der Waals surface area contributed by atoms with Crippen LogP contribution in [0, 0.1) is 0 Å². The van der Waals surface area contributed by atoms with Crippen LogP contribution in [0.15, 0.2) is 48.5 Å². The van der Waals surface area contributed by atoms with E-state index < -0.39 is 79.3 Å². The molecular formula is C33H43ClO14S2. The molecule has 0 amide bonds. The Morgan fingerprint density at radius 1 is 0.580 bits per heavy atom. The number of carbonyl (C=O) groups excluding carboxylic acids is 3. The molecule has 0 aliphatic heterocycles. The molecule has 2 aromatic rings. The van der Waals surface area contributed by atoms with Crippen LogP contribution in [0.4, 0.5) is 0 Å². The smallest absolute Gasteiger partial charge is 0.306 e. The van der Waals surface area contributed by atoms with E-state index in [0.717, 1.165) is 11.1 Å². The van der Waals surface area contributed by atoms with Crippen molar-refractivity contribution in [3.8, 4) is 11.5 Å². The molecule has 278 valence electrons. The maximum absolute atomic E-state index is 12.1. The standard InChI is InChI=1S/C33H39ClO14.2H2S/c1-33(2,21-3-7-23(8-4-21)44-18-25(17-34)47-31(42)15-12-28(37)38)22-5-9-24(10-6-22)45-19-26(48-32(43)16-13-29(39)40)20-46-30(41)14-11-27(35)36;;/h3-10,25-26H,11-20H2,1-2H3,(H,35,36)(H,37,38)(H,39,40);2*1H2/t25-,26+;;/m1../s1. The van der Waals surface area contributed by atoms with Gasteiger partial charge in [0.25, 0.3) is 0 Å². The van der Waals surface area contributed by atoms with E-state index in [2.05, 4.69) is 0 Å². The molecule has 2 atom stereocenters. The Hall–Kier alpha value is -4.15. The zero-order chi connectivity index (χ0) is 35.7. The van der Waals surface area contributed by atoms with Gasteiger partial charge in [0.15, 0.2) is 6.10 Å². The van der Waals surface area contributed by atoms with E-state index in [9.17, 15) is 28.8 Å². The van der Waals surface area contributed by atoms with E-state index >= 15 is 0 Å².